The molecule has 0 bridgehead atoms. The predicted octanol–water partition coefficient (Wildman–Crippen LogP) is 4.06. The van der Waals surface area contributed by atoms with Gasteiger partial charge in [-0.1, -0.05) is 48.5 Å². The third-order valence-electron chi connectivity index (χ3n) is 5.17. The molecular weight excluding hydrogens is 426 g/mol. The lowest BCUT2D eigenvalue weighted by Crippen LogP contribution is -2.28. The maximum Gasteiger partial charge on any atom is 0.274 e. The number of amides is 1. The Labute approximate surface area is 187 Å². The van der Waals surface area contributed by atoms with Crippen LogP contribution in [0.4, 0.5) is 5.69 Å². The molecule has 1 amide bonds. The molecule has 0 saturated carbocycles. The van der Waals surface area contributed by atoms with Gasteiger partial charge in [-0.3, -0.25) is 9.52 Å². The molecule has 1 atom stereocenters. The van der Waals surface area contributed by atoms with E-state index in [1.807, 2.05) is 42.5 Å². The summed E-state index contributed by atoms with van der Waals surface area (Å²) in [5.74, 6) is 0.385. The van der Waals surface area contributed by atoms with E-state index >= 15 is 0 Å². The maximum absolute atomic E-state index is 13.4. The Bertz CT molecular complexity index is 1270. The van der Waals surface area contributed by atoms with Crippen molar-refractivity contribution in [1.82, 2.24) is 5.01 Å². The fourth-order valence-electron chi connectivity index (χ4n) is 3.78. The van der Waals surface area contributed by atoms with Gasteiger partial charge in [0.1, 0.15) is 5.75 Å². The number of hydrazone groups is 1. The van der Waals surface area contributed by atoms with E-state index in [1.165, 1.54) is 5.01 Å². The summed E-state index contributed by atoms with van der Waals surface area (Å²) in [6, 6.07) is 22.9. The highest BCUT2D eigenvalue weighted by atomic mass is 32.2. The lowest BCUT2D eigenvalue weighted by atomic mass is 9.96. The molecule has 7 nitrogen and oxygen atoms in total. The minimum Gasteiger partial charge on any atom is -0.496 e. The first-order valence-corrected chi connectivity index (χ1v) is 11.9. The number of anilines is 1. The van der Waals surface area contributed by atoms with Crippen LogP contribution in [-0.2, 0) is 10.0 Å². The van der Waals surface area contributed by atoms with Crippen molar-refractivity contribution in [2.75, 3.05) is 18.1 Å². The van der Waals surface area contributed by atoms with E-state index in [0.29, 0.717) is 34.7 Å². The Balaban J connectivity index is 1.81. The molecule has 0 radical (unpaired) electrons. The number of benzene rings is 3. The monoisotopic (exact) mass is 449 g/mol. The summed E-state index contributed by atoms with van der Waals surface area (Å²) in [4.78, 5) is 13.4. The molecule has 3 aromatic carbocycles. The number of sulfonamides is 1. The molecule has 8 heteroatoms. The van der Waals surface area contributed by atoms with E-state index in [-0.39, 0.29) is 5.91 Å². The summed E-state index contributed by atoms with van der Waals surface area (Å²) in [7, 11) is -1.92. The third kappa shape index (κ3) is 4.50. The number of nitrogens with one attached hydrogen (secondary N) is 1. The lowest BCUT2D eigenvalue weighted by molar-refractivity contribution is 0.0712. The number of para-hydroxylation sites is 2. The average molecular weight is 450 g/mol. The second kappa shape index (κ2) is 8.84. The minimum atomic E-state index is -3.51. The number of hydrogen-bond donors (Lipinski definition) is 1. The summed E-state index contributed by atoms with van der Waals surface area (Å²) in [5, 5.41) is 6.11. The van der Waals surface area contributed by atoms with Gasteiger partial charge in [0.05, 0.1) is 30.8 Å². The van der Waals surface area contributed by atoms with Gasteiger partial charge in [-0.05, 0) is 30.3 Å². The molecule has 0 aliphatic carbocycles. The molecule has 0 spiro atoms. The normalized spacial score (nSPS) is 15.9. The molecule has 0 aromatic heterocycles. The zero-order valence-corrected chi connectivity index (χ0v) is 18.5. The van der Waals surface area contributed by atoms with Crippen molar-refractivity contribution in [3.8, 4) is 5.75 Å². The van der Waals surface area contributed by atoms with Crippen LogP contribution >= 0.6 is 0 Å². The number of nitrogens with zero attached hydrogens (tertiary/aromatic N) is 2. The smallest absolute Gasteiger partial charge is 0.274 e. The standard InChI is InChI=1S/C24H23N3O4S/c1-31-23-15-9-7-13-19(23)21-16-22(18-12-6-8-14-20(18)26-32(2,29)30)27(25-21)24(28)17-10-4-3-5-11-17/h3-15,22,26H,16H2,1-2H3. The van der Waals surface area contributed by atoms with Gasteiger partial charge >= 0.3 is 0 Å². The maximum atomic E-state index is 13.4. The summed E-state index contributed by atoms with van der Waals surface area (Å²) >= 11 is 0. The first kappa shape index (κ1) is 21.6. The molecule has 32 heavy (non-hydrogen) atoms. The van der Waals surface area contributed by atoms with Crippen molar-refractivity contribution < 1.29 is 17.9 Å². The highest BCUT2D eigenvalue weighted by Gasteiger charge is 2.36. The van der Waals surface area contributed by atoms with Gasteiger partial charge in [-0.15, -0.1) is 0 Å². The van der Waals surface area contributed by atoms with Crippen LogP contribution in [-0.4, -0.2) is 38.4 Å². The van der Waals surface area contributed by atoms with Crippen molar-refractivity contribution in [2.45, 2.75) is 12.5 Å². The van der Waals surface area contributed by atoms with E-state index in [9.17, 15) is 13.2 Å². The number of carbonyl (C=O) groups excluding carboxylic acids is 1. The van der Waals surface area contributed by atoms with E-state index in [0.717, 1.165) is 11.8 Å². The molecular formula is C24H23N3O4S. The molecule has 164 valence electrons. The molecule has 1 aliphatic heterocycles. The Hall–Kier alpha value is -3.65. The van der Waals surface area contributed by atoms with E-state index < -0.39 is 16.1 Å². The van der Waals surface area contributed by atoms with Crippen molar-refractivity contribution in [1.29, 1.82) is 0 Å². The Morgan fingerprint density at radius 2 is 1.66 bits per heavy atom. The summed E-state index contributed by atoms with van der Waals surface area (Å²) < 4.78 is 31.9. The van der Waals surface area contributed by atoms with Crippen molar-refractivity contribution in [2.24, 2.45) is 5.10 Å². The van der Waals surface area contributed by atoms with Crippen LogP contribution in [0, 0.1) is 0 Å². The average Bonchev–Trinajstić information content (AvgIpc) is 3.23. The van der Waals surface area contributed by atoms with Crippen LogP contribution in [0.15, 0.2) is 84.0 Å². The van der Waals surface area contributed by atoms with Crippen LogP contribution in [0.25, 0.3) is 0 Å². The fraction of sp³-hybridized carbons (Fsp3) is 0.167. The van der Waals surface area contributed by atoms with E-state index in [4.69, 9.17) is 4.74 Å². The Kier molecular flexibility index (Phi) is 5.96. The quantitative estimate of drug-likeness (QED) is 0.615. The highest BCUT2D eigenvalue weighted by molar-refractivity contribution is 7.92. The third-order valence-corrected chi connectivity index (χ3v) is 5.76. The lowest BCUT2D eigenvalue weighted by Gasteiger charge is -2.24. The molecule has 1 aliphatic rings. The van der Waals surface area contributed by atoms with Gasteiger partial charge in [0.2, 0.25) is 10.0 Å². The van der Waals surface area contributed by atoms with Crippen LogP contribution in [0.2, 0.25) is 0 Å². The molecule has 0 saturated heterocycles. The molecule has 0 fully saturated rings. The largest absolute Gasteiger partial charge is 0.496 e. The van der Waals surface area contributed by atoms with Crippen molar-refractivity contribution in [3.63, 3.8) is 0 Å². The second-order valence-electron chi connectivity index (χ2n) is 7.44. The predicted molar refractivity (Wildman–Crippen MR) is 124 cm³/mol. The molecule has 1 heterocycles. The zero-order chi connectivity index (χ0) is 22.7. The van der Waals surface area contributed by atoms with Crippen molar-refractivity contribution >= 4 is 27.3 Å². The van der Waals surface area contributed by atoms with Gasteiger partial charge in [-0.25, -0.2) is 13.4 Å². The summed E-state index contributed by atoms with van der Waals surface area (Å²) in [6.07, 6.45) is 1.50. The van der Waals surface area contributed by atoms with Crippen LogP contribution < -0.4 is 9.46 Å². The molecule has 1 unspecified atom stereocenters. The van der Waals surface area contributed by atoms with Crippen LogP contribution in [0.5, 0.6) is 5.75 Å². The SMILES string of the molecule is COc1ccccc1C1=NN(C(=O)c2ccccc2)C(c2ccccc2NS(C)(=O)=O)C1. The summed E-state index contributed by atoms with van der Waals surface area (Å²) in [6.45, 7) is 0. The number of hydrogen-bond acceptors (Lipinski definition) is 5. The number of methoxy groups -OCH3 is 1. The van der Waals surface area contributed by atoms with E-state index in [2.05, 4.69) is 9.82 Å². The highest BCUT2D eigenvalue weighted by Crippen LogP contribution is 2.38. The fourth-order valence-corrected chi connectivity index (χ4v) is 4.36. The second-order valence-corrected chi connectivity index (χ2v) is 9.19. The van der Waals surface area contributed by atoms with Gasteiger partial charge in [0.25, 0.3) is 5.91 Å². The van der Waals surface area contributed by atoms with Crippen LogP contribution in [0.3, 0.4) is 0 Å². The Morgan fingerprint density at radius 3 is 2.38 bits per heavy atom. The number of rotatable bonds is 6. The van der Waals surface area contributed by atoms with Gasteiger partial charge in [-0.2, -0.15) is 5.10 Å². The topological polar surface area (TPSA) is 88.1 Å². The minimum absolute atomic E-state index is 0.269. The first-order valence-electron chi connectivity index (χ1n) is 10.0. The molecule has 4 rings (SSSR count). The first-order chi connectivity index (χ1) is 15.4. The van der Waals surface area contributed by atoms with Gasteiger partial charge in [0.15, 0.2) is 0 Å². The van der Waals surface area contributed by atoms with Gasteiger partial charge < -0.3 is 4.74 Å². The van der Waals surface area contributed by atoms with Crippen LogP contribution in [0.1, 0.15) is 33.9 Å². The summed E-state index contributed by atoms with van der Waals surface area (Å²) in [5.41, 5.74) is 3.05. The number of ether oxygens (including phenoxy) is 1. The Morgan fingerprint density at radius 1 is 1.00 bits per heavy atom. The zero-order valence-electron chi connectivity index (χ0n) is 17.7. The number of carbonyl (C=O) groups is 1. The molecule has 1 N–H and O–H groups in total. The van der Waals surface area contributed by atoms with Crippen molar-refractivity contribution in [3.05, 3.63) is 95.6 Å². The molecule has 3 aromatic rings. The van der Waals surface area contributed by atoms with Gasteiger partial charge in [0, 0.05) is 23.1 Å². The van der Waals surface area contributed by atoms with E-state index in [1.54, 1.807) is 43.5 Å².